The Morgan fingerprint density at radius 1 is 1.26 bits per heavy atom. The van der Waals surface area contributed by atoms with E-state index in [-0.39, 0.29) is 5.82 Å². The Morgan fingerprint density at radius 2 is 1.89 bits per heavy atom. The van der Waals surface area contributed by atoms with Crippen molar-refractivity contribution in [3.8, 4) is 0 Å². The predicted molar refractivity (Wildman–Crippen MR) is 67.6 cm³/mol. The third kappa shape index (κ3) is 2.20. The molecule has 0 aliphatic rings. The molecule has 1 atom stereocenters. The zero-order valence-corrected chi connectivity index (χ0v) is 10.8. The van der Waals surface area contributed by atoms with Crippen LogP contribution in [0.25, 0.3) is 11.0 Å². The largest absolute Gasteiger partial charge is 0.413 e. The van der Waals surface area contributed by atoms with E-state index in [2.05, 4.69) is 4.98 Å². The van der Waals surface area contributed by atoms with Crippen molar-refractivity contribution in [1.29, 1.82) is 0 Å². The van der Waals surface area contributed by atoms with E-state index in [1.165, 1.54) is 0 Å². The number of nitrogens with two attached hydrogens (primary N) is 1. The maximum absolute atomic E-state index is 13.1. The molecule has 19 heavy (non-hydrogen) atoms. The van der Waals surface area contributed by atoms with Gasteiger partial charge in [-0.2, -0.15) is 13.2 Å². The second kappa shape index (κ2) is 4.52. The van der Waals surface area contributed by atoms with Gasteiger partial charge in [-0.1, -0.05) is 19.1 Å². The molecule has 2 aromatic rings. The van der Waals surface area contributed by atoms with Crippen molar-refractivity contribution in [3.63, 3.8) is 0 Å². The first-order valence-electron chi connectivity index (χ1n) is 6.10. The van der Waals surface area contributed by atoms with Crippen LogP contribution in [-0.4, -0.2) is 15.7 Å². The van der Waals surface area contributed by atoms with Gasteiger partial charge in [0, 0.05) is 6.54 Å². The van der Waals surface area contributed by atoms with Gasteiger partial charge in [-0.05, 0) is 25.5 Å². The van der Waals surface area contributed by atoms with Crippen molar-refractivity contribution in [2.45, 2.75) is 38.5 Å². The molecule has 0 aliphatic heterocycles. The maximum atomic E-state index is 13.1. The van der Waals surface area contributed by atoms with E-state index in [9.17, 15) is 13.2 Å². The highest BCUT2D eigenvalue weighted by atomic mass is 19.4. The molecule has 3 nitrogen and oxygen atoms in total. The smallest absolute Gasteiger partial charge is 0.326 e. The SMILES string of the molecule is CCCn1c(C(C)(N)C(F)(F)F)nc2ccccc21. The molecule has 0 amide bonds. The molecule has 1 aromatic heterocycles. The van der Waals surface area contributed by atoms with E-state index >= 15 is 0 Å². The van der Waals surface area contributed by atoms with Crippen LogP contribution < -0.4 is 5.73 Å². The van der Waals surface area contributed by atoms with Gasteiger partial charge in [0.1, 0.15) is 5.82 Å². The molecule has 6 heteroatoms. The summed E-state index contributed by atoms with van der Waals surface area (Å²) >= 11 is 0. The van der Waals surface area contributed by atoms with E-state index in [0.717, 1.165) is 6.92 Å². The highest BCUT2D eigenvalue weighted by Crippen LogP contribution is 2.37. The normalized spacial score (nSPS) is 15.7. The van der Waals surface area contributed by atoms with Crippen LogP contribution in [0.15, 0.2) is 24.3 Å². The molecule has 2 rings (SSSR count). The summed E-state index contributed by atoms with van der Waals surface area (Å²) in [6, 6.07) is 6.98. The summed E-state index contributed by atoms with van der Waals surface area (Å²) in [5, 5.41) is 0. The zero-order valence-electron chi connectivity index (χ0n) is 10.8. The van der Waals surface area contributed by atoms with Gasteiger partial charge in [-0.3, -0.25) is 0 Å². The average Bonchev–Trinajstić information content (AvgIpc) is 2.68. The number of benzene rings is 1. The Balaban J connectivity index is 2.69. The molecular formula is C13H16F3N3. The van der Waals surface area contributed by atoms with Gasteiger partial charge in [0.2, 0.25) is 0 Å². The maximum Gasteiger partial charge on any atom is 0.413 e. The number of aromatic nitrogens is 2. The number of imidazole rings is 1. The molecule has 104 valence electrons. The highest BCUT2D eigenvalue weighted by Gasteiger charge is 2.52. The standard InChI is InChI=1S/C13H16F3N3/c1-3-8-19-10-7-5-4-6-9(10)18-11(19)12(2,17)13(14,15)16/h4-7H,3,8,17H2,1-2H3. The van der Waals surface area contributed by atoms with Crippen LogP contribution in [0.1, 0.15) is 26.1 Å². The summed E-state index contributed by atoms with van der Waals surface area (Å²) in [5.41, 5.74) is 4.26. The van der Waals surface area contributed by atoms with Gasteiger partial charge in [0.05, 0.1) is 11.0 Å². The number of rotatable bonds is 3. The fourth-order valence-corrected chi connectivity index (χ4v) is 2.05. The molecule has 0 radical (unpaired) electrons. The van der Waals surface area contributed by atoms with E-state index in [1.807, 2.05) is 6.92 Å². The number of nitrogens with zero attached hydrogens (tertiary/aromatic N) is 2. The number of hydrogen-bond donors (Lipinski definition) is 1. The van der Waals surface area contributed by atoms with Crippen LogP contribution in [0.4, 0.5) is 13.2 Å². The van der Waals surface area contributed by atoms with Crippen molar-refractivity contribution >= 4 is 11.0 Å². The molecule has 0 saturated heterocycles. The van der Waals surface area contributed by atoms with E-state index < -0.39 is 11.7 Å². The molecule has 1 unspecified atom stereocenters. The Labute approximate surface area is 109 Å². The Hall–Kier alpha value is -1.56. The molecule has 0 spiro atoms. The summed E-state index contributed by atoms with van der Waals surface area (Å²) in [7, 11) is 0. The topological polar surface area (TPSA) is 43.8 Å². The summed E-state index contributed by atoms with van der Waals surface area (Å²) < 4.78 is 40.8. The summed E-state index contributed by atoms with van der Waals surface area (Å²) in [5.74, 6) is -0.136. The van der Waals surface area contributed by atoms with Gasteiger partial charge in [-0.15, -0.1) is 0 Å². The molecule has 0 saturated carbocycles. The Bertz CT molecular complexity index is 584. The van der Waals surface area contributed by atoms with Crippen LogP contribution in [0.3, 0.4) is 0 Å². The summed E-state index contributed by atoms with van der Waals surface area (Å²) in [6.45, 7) is 3.32. The van der Waals surface area contributed by atoms with Gasteiger partial charge in [0.25, 0.3) is 0 Å². The fourth-order valence-electron chi connectivity index (χ4n) is 2.05. The van der Waals surface area contributed by atoms with Gasteiger partial charge < -0.3 is 10.3 Å². The summed E-state index contributed by atoms with van der Waals surface area (Å²) in [4.78, 5) is 4.09. The Kier molecular flexibility index (Phi) is 3.30. The van der Waals surface area contributed by atoms with Crippen molar-refractivity contribution < 1.29 is 13.2 Å². The lowest BCUT2D eigenvalue weighted by Crippen LogP contribution is -2.49. The van der Waals surface area contributed by atoms with Crippen molar-refractivity contribution in [2.24, 2.45) is 5.73 Å². The number of alkyl halides is 3. The second-order valence-corrected chi connectivity index (χ2v) is 4.78. The lowest BCUT2D eigenvalue weighted by Gasteiger charge is -2.27. The van der Waals surface area contributed by atoms with E-state index in [0.29, 0.717) is 24.0 Å². The van der Waals surface area contributed by atoms with Crippen LogP contribution in [0.5, 0.6) is 0 Å². The minimum absolute atomic E-state index is 0.136. The number of para-hydroxylation sites is 2. The first-order chi connectivity index (χ1) is 8.79. The molecule has 2 N–H and O–H groups in total. The monoisotopic (exact) mass is 271 g/mol. The fraction of sp³-hybridized carbons (Fsp3) is 0.462. The molecule has 1 heterocycles. The molecular weight excluding hydrogens is 255 g/mol. The molecule has 0 aliphatic carbocycles. The lowest BCUT2D eigenvalue weighted by molar-refractivity contribution is -0.186. The van der Waals surface area contributed by atoms with Gasteiger partial charge >= 0.3 is 6.18 Å². The minimum atomic E-state index is -4.54. The van der Waals surface area contributed by atoms with E-state index in [4.69, 9.17) is 5.73 Å². The lowest BCUT2D eigenvalue weighted by atomic mass is 10.0. The van der Waals surface area contributed by atoms with Crippen LogP contribution in [0, 0.1) is 0 Å². The molecule has 0 fully saturated rings. The minimum Gasteiger partial charge on any atom is -0.326 e. The molecule has 0 bridgehead atoms. The number of aryl methyl sites for hydroxylation is 1. The first-order valence-corrected chi connectivity index (χ1v) is 6.10. The van der Waals surface area contributed by atoms with Crippen molar-refractivity contribution in [3.05, 3.63) is 30.1 Å². The van der Waals surface area contributed by atoms with Crippen LogP contribution >= 0.6 is 0 Å². The third-order valence-corrected chi connectivity index (χ3v) is 3.16. The Morgan fingerprint density at radius 3 is 2.47 bits per heavy atom. The number of halogens is 3. The van der Waals surface area contributed by atoms with Gasteiger partial charge in [-0.25, -0.2) is 4.98 Å². The predicted octanol–water partition coefficient (Wildman–Crippen LogP) is 3.18. The van der Waals surface area contributed by atoms with Crippen LogP contribution in [0.2, 0.25) is 0 Å². The van der Waals surface area contributed by atoms with Crippen molar-refractivity contribution in [2.75, 3.05) is 0 Å². The molecule has 1 aromatic carbocycles. The summed E-state index contributed by atoms with van der Waals surface area (Å²) in [6.07, 6.45) is -3.83. The van der Waals surface area contributed by atoms with Gasteiger partial charge in [0.15, 0.2) is 5.54 Å². The first kappa shape index (κ1) is 13.9. The average molecular weight is 271 g/mol. The van der Waals surface area contributed by atoms with E-state index in [1.54, 1.807) is 28.8 Å². The van der Waals surface area contributed by atoms with Crippen molar-refractivity contribution in [1.82, 2.24) is 9.55 Å². The quantitative estimate of drug-likeness (QED) is 0.931. The number of hydrogen-bond acceptors (Lipinski definition) is 2. The number of fused-ring (bicyclic) bond motifs is 1. The third-order valence-electron chi connectivity index (χ3n) is 3.16. The van der Waals surface area contributed by atoms with Crippen LogP contribution in [-0.2, 0) is 12.1 Å². The zero-order chi connectivity index (χ0) is 14.3. The second-order valence-electron chi connectivity index (χ2n) is 4.78. The highest BCUT2D eigenvalue weighted by molar-refractivity contribution is 5.76.